The van der Waals surface area contributed by atoms with Gasteiger partial charge in [0.25, 0.3) is 0 Å². The van der Waals surface area contributed by atoms with E-state index in [-0.39, 0.29) is 0 Å². The van der Waals surface area contributed by atoms with Gasteiger partial charge in [0.15, 0.2) is 5.11 Å². The summed E-state index contributed by atoms with van der Waals surface area (Å²) in [6.45, 7) is 0. The van der Waals surface area contributed by atoms with E-state index < -0.39 is 0 Å². The van der Waals surface area contributed by atoms with Crippen LogP contribution >= 0.6 is 12.2 Å². The van der Waals surface area contributed by atoms with Crippen molar-refractivity contribution in [3.8, 4) is 0 Å². The van der Waals surface area contributed by atoms with Gasteiger partial charge in [0.2, 0.25) is 0 Å². The molecule has 0 amide bonds. The summed E-state index contributed by atoms with van der Waals surface area (Å²) in [6, 6.07) is 10.0. The minimum atomic E-state index is 0.499. The molecule has 3 nitrogen and oxygen atoms in total. The molecule has 0 unspecified atom stereocenters. The molecular weight excluding hydrogens is 206 g/mol. The van der Waals surface area contributed by atoms with Crippen molar-refractivity contribution in [2.45, 2.75) is 0 Å². The molecule has 0 saturated carbocycles. The molecule has 0 heterocycles. The van der Waals surface area contributed by atoms with Crippen LogP contribution in [0.2, 0.25) is 0 Å². The summed E-state index contributed by atoms with van der Waals surface area (Å²) >= 11 is 4.84. The molecule has 0 aliphatic carbocycles. The molecule has 1 aromatic carbocycles. The Labute approximate surface area is 94.9 Å². The molecule has 1 aromatic rings. The first-order chi connectivity index (χ1) is 7.33. The highest BCUT2D eigenvalue weighted by Crippen LogP contribution is 1.99. The van der Waals surface area contributed by atoms with Gasteiger partial charge in [0, 0.05) is 13.3 Å². The van der Waals surface area contributed by atoms with Crippen LogP contribution in [0.25, 0.3) is 6.08 Å². The van der Waals surface area contributed by atoms with Gasteiger partial charge in [-0.25, -0.2) is 0 Å². The summed E-state index contributed by atoms with van der Waals surface area (Å²) in [5.74, 6) is 0. The fraction of sp³-hybridized carbons (Fsp3) is 0.0909. The number of rotatable bonds is 3. The number of hydrazone groups is 1. The van der Waals surface area contributed by atoms with Gasteiger partial charge in [0.05, 0.1) is 0 Å². The van der Waals surface area contributed by atoms with E-state index in [9.17, 15) is 0 Å². The highest BCUT2D eigenvalue weighted by molar-refractivity contribution is 7.80. The topological polar surface area (TPSA) is 36.4 Å². The number of thiocarbonyl (C=S) groups is 1. The Bertz CT molecular complexity index is 357. The third-order valence-electron chi connectivity index (χ3n) is 1.64. The molecule has 1 rings (SSSR count). The molecule has 4 heteroatoms. The van der Waals surface area contributed by atoms with E-state index in [2.05, 4.69) is 15.8 Å². The molecule has 0 fully saturated rings. The van der Waals surface area contributed by atoms with Crippen LogP contribution in [0.5, 0.6) is 0 Å². The molecule has 0 aromatic heterocycles. The quantitative estimate of drug-likeness (QED) is 0.462. The number of nitrogens with zero attached hydrogens (tertiary/aromatic N) is 1. The van der Waals surface area contributed by atoms with Gasteiger partial charge in [0.1, 0.15) is 0 Å². The number of benzene rings is 1. The maximum atomic E-state index is 4.84. The Morgan fingerprint density at radius 2 is 2.07 bits per heavy atom. The first-order valence-corrected chi connectivity index (χ1v) is 4.96. The molecule has 15 heavy (non-hydrogen) atoms. The summed E-state index contributed by atoms with van der Waals surface area (Å²) in [6.07, 6.45) is 5.46. The van der Waals surface area contributed by atoms with Crippen LogP contribution in [0.1, 0.15) is 5.56 Å². The Balaban J connectivity index is 2.37. The van der Waals surface area contributed by atoms with Gasteiger partial charge in [-0.3, -0.25) is 5.43 Å². The Morgan fingerprint density at radius 1 is 1.33 bits per heavy atom. The second kappa shape index (κ2) is 6.73. The van der Waals surface area contributed by atoms with Crippen molar-refractivity contribution in [2.24, 2.45) is 5.10 Å². The third kappa shape index (κ3) is 4.93. The van der Waals surface area contributed by atoms with E-state index in [1.54, 1.807) is 13.3 Å². The van der Waals surface area contributed by atoms with Gasteiger partial charge in [-0.05, 0) is 23.9 Å². The highest BCUT2D eigenvalue weighted by Gasteiger charge is 1.82. The van der Waals surface area contributed by atoms with Crippen molar-refractivity contribution in [1.82, 2.24) is 10.7 Å². The monoisotopic (exact) mass is 219 g/mol. The van der Waals surface area contributed by atoms with Crippen molar-refractivity contribution >= 4 is 29.6 Å². The van der Waals surface area contributed by atoms with E-state index >= 15 is 0 Å². The molecule has 0 radical (unpaired) electrons. The maximum absolute atomic E-state index is 4.84. The lowest BCUT2D eigenvalue weighted by molar-refractivity contribution is 0.983. The summed E-state index contributed by atoms with van der Waals surface area (Å²) in [4.78, 5) is 0. The molecule has 0 atom stereocenters. The third-order valence-corrected chi connectivity index (χ3v) is 1.94. The average molecular weight is 219 g/mol. The molecule has 0 aliphatic rings. The summed E-state index contributed by atoms with van der Waals surface area (Å²) < 4.78 is 0. The Hall–Kier alpha value is -1.68. The maximum Gasteiger partial charge on any atom is 0.186 e. The van der Waals surface area contributed by atoms with E-state index in [1.807, 2.05) is 42.5 Å². The standard InChI is InChI=1S/C11H13N3S/c1-12-11(15)14-13-9-5-8-10-6-3-2-4-7-10/h2-9H,1H3,(H2,12,14,15)/b8-5+,13-9-. The lowest BCUT2D eigenvalue weighted by Crippen LogP contribution is -2.28. The second-order valence-electron chi connectivity index (χ2n) is 2.74. The number of hydrogen-bond acceptors (Lipinski definition) is 2. The van der Waals surface area contributed by atoms with E-state index in [1.165, 1.54) is 0 Å². The van der Waals surface area contributed by atoms with Crippen molar-refractivity contribution in [1.29, 1.82) is 0 Å². The van der Waals surface area contributed by atoms with Gasteiger partial charge >= 0.3 is 0 Å². The Morgan fingerprint density at radius 3 is 2.73 bits per heavy atom. The fourth-order valence-corrected chi connectivity index (χ4v) is 0.966. The smallest absolute Gasteiger partial charge is 0.186 e. The predicted octanol–water partition coefficient (Wildman–Crippen LogP) is 1.78. The number of nitrogens with one attached hydrogen (secondary N) is 2. The largest absolute Gasteiger partial charge is 0.364 e. The fourth-order valence-electron chi connectivity index (χ4n) is 0.913. The minimum Gasteiger partial charge on any atom is -0.364 e. The molecular formula is C11H13N3S. The number of hydrogen-bond donors (Lipinski definition) is 2. The predicted molar refractivity (Wildman–Crippen MR) is 68.8 cm³/mol. The van der Waals surface area contributed by atoms with Crippen LogP contribution in [-0.2, 0) is 0 Å². The molecule has 0 saturated heterocycles. The zero-order valence-corrected chi connectivity index (χ0v) is 9.29. The van der Waals surface area contributed by atoms with Crippen LogP contribution < -0.4 is 10.7 Å². The van der Waals surface area contributed by atoms with Crippen molar-refractivity contribution < 1.29 is 0 Å². The van der Waals surface area contributed by atoms with Gasteiger partial charge in [-0.1, -0.05) is 36.4 Å². The van der Waals surface area contributed by atoms with Crippen molar-refractivity contribution in [3.05, 3.63) is 42.0 Å². The van der Waals surface area contributed by atoms with Crippen LogP contribution in [0.4, 0.5) is 0 Å². The summed E-state index contributed by atoms with van der Waals surface area (Å²) in [5.41, 5.74) is 3.80. The first-order valence-electron chi connectivity index (χ1n) is 4.55. The van der Waals surface area contributed by atoms with E-state index in [0.29, 0.717) is 5.11 Å². The van der Waals surface area contributed by atoms with Crippen LogP contribution in [0, 0.1) is 0 Å². The summed E-state index contributed by atoms with van der Waals surface area (Å²) in [7, 11) is 1.74. The average Bonchev–Trinajstić information content (AvgIpc) is 2.29. The molecule has 2 N–H and O–H groups in total. The van der Waals surface area contributed by atoms with Gasteiger partial charge in [-0.2, -0.15) is 5.10 Å². The normalized spacial score (nSPS) is 10.7. The molecule has 0 bridgehead atoms. The highest BCUT2D eigenvalue weighted by atomic mass is 32.1. The number of allylic oxidation sites excluding steroid dienone is 1. The van der Waals surface area contributed by atoms with Crippen LogP contribution in [-0.4, -0.2) is 18.4 Å². The zero-order valence-electron chi connectivity index (χ0n) is 8.47. The van der Waals surface area contributed by atoms with E-state index in [4.69, 9.17) is 12.2 Å². The zero-order chi connectivity index (χ0) is 10.9. The summed E-state index contributed by atoms with van der Waals surface area (Å²) in [5, 5.41) is 7.15. The van der Waals surface area contributed by atoms with Gasteiger partial charge in [-0.15, -0.1) is 0 Å². The van der Waals surface area contributed by atoms with Crippen LogP contribution in [0.15, 0.2) is 41.5 Å². The van der Waals surface area contributed by atoms with E-state index in [0.717, 1.165) is 5.56 Å². The Kier molecular flexibility index (Phi) is 5.11. The lowest BCUT2D eigenvalue weighted by atomic mass is 10.2. The SMILES string of the molecule is CNC(=S)N/N=C\C=C\c1ccccc1. The van der Waals surface area contributed by atoms with Crippen molar-refractivity contribution in [2.75, 3.05) is 7.05 Å². The first kappa shape index (κ1) is 11.4. The molecule has 0 aliphatic heterocycles. The minimum absolute atomic E-state index is 0.499. The lowest BCUT2D eigenvalue weighted by Gasteiger charge is -1.97. The van der Waals surface area contributed by atoms with Crippen molar-refractivity contribution in [3.63, 3.8) is 0 Å². The second-order valence-corrected chi connectivity index (χ2v) is 3.15. The molecule has 78 valence electrons. The molecule has 0 spiro atoms. The van der Waals surface area contributed by atoms with Crippen LogP contribution in [0.3, 0.4) is 0 Å². The van der Waals surface area contributed by atoms with Gasteiger partial charge < -0.3 is 5.32 Å².